The number of benzene rings is 1. The van der Waals surface area contributed by atoms with Crippen LogP contribution in [0.3, 0.4) is 0 Å². The maximum Gasteiger partial charge on any atom is 0.262 e. The number of amides is 1. The summed E-state index contributed by atoms with van der Waals surface area (Å²) in [4.78, 5) is 12.5. The molecule has 0 aromatic heterocycles. The second kappa shape index (κ2) is 9.86. The van der Waals surface area contributed by atoms with Crippen molar-refractivity contribution in [3.8, 4) is 17.6 Å². The predicted octanol–water partition coefficient (Wildman–Crippen LogP) is 4.09. The Morgan fingerprint density at radius 2 is 2.12 bits per heavy atom. The first-order chi connectivity index (χ1) is 12.6. The monoisotopic (exact) mass is 356 g/mol. The molecule has 0 bridgehead atoms. The molecule has 0 spiro atoms. The molecule has 0 heterocycles. The topological polar surface area (TPSA) is 71.3 Å². The van der Waals surface area contributed by atoms with E-state index in [1.165, 1.54) is 6.42 Å². The minimum Gasteiger partial charge on any atom is -0.493 e. The van der Waals surface area contributed by atoms with Crippen molar-refractivity contribution in [2.45, 2.75) is 52.0 Å². The molecular weight excluding hydrogens is 328 g/mol. The lowest BCUT2D eigenvalue weighted by Crippen LogP contribution is -2.41. The summed E-state index contributed by atoms with van der Waals surface area (Å²) in [6, 6.07) is 7.56. The Bertz CT molecular complexity index is 691. The molecule has 26 heavy (non-hydrogen) atoms. The van der Waals surface area contributed by atoms with Gasteiger partial charge in [-0.2, -0.15) is 5.26 Å². The van der Waals surface area contributed by atoms with Gasteiger partial charge in [0.15, 0.2) is 11.5 Å². The van der Waals surface area contributed by atoms with Crippen LogP contribution in [0.5, 0.6) is 11.5 Å². The Morgan fingerprint density at radius 1 is 1.35 bits per heavy atom. The van der Waals surface area contributed by atoms with Crippen LogP contribution in [-0.2, 0) is 4.79 Å². The number of methoxy groups -OCH3 is 1. The van der Waals surface area contributed by atoms with Crippen molar-refractivity contribution in [1.82, 2.24) is 5.32 Å². The summed E-state index contributed by atoms with van der Waals surface area (Å²) in [6.07, 6.45) is 6.91. The van der Waals surface area contributed by atoms with Gasteiger partial charge in [0.05, 0.1) is 13.7 Å². The lowest BCUT2D eigenvalue weighted by Gasteiger charge is -2.29. The van der Waals surface area contributed by atoms with Crippen molar-refractivity contribution in [3.05, 3.63) is 29.3 Å². The second-order valence-corrected chi connectivity index (χ2v) is 6.77. The van der Waals surface area contributed by atoms with E-state index < -0.39 is 0 Å². The second-order valence-electron chi connectivity index (χ2n) is 6.77. The normalized spacial score (nSPS) is 20.2. The summed E-state index contributed by atoms with van der Waals surface area (Å²) in [5.41, 5.74) is 0.842. The molecule has 1 fully saturated rings. The summed E-state index contributed by atoms with van der Waals surface area (Å²) in [7, 11) is 1.59. The number of carbonyl (C=O) groups excluding carboxylic acids is 1. The Morgan fingerprint density at radius 3 is 2.77 bits per heavy atom. The number of nitriles is 1. The zero-order chi connectivity index (χ0) is 18.9. The summed E-state index contributed by atoms with van der Waals surface area (Å²) >= 11 is 0. The summed E-state index contributed by atoms with van der Waals surface area (Å²) in [5.74, 6) is 1.39. The van der Waals surface area contributed by atoms with Crippen LogP contribution >= 0.6 is 0 Å². The van der Waals surface area contributed by atoms with Gasteiger partial charge >= 0.3 is 0 Å². The Balaban J connectivity index is 2.16. The van der Waals surface area contributed by atoms with E-state index in [-0.39, 0.29) is 17.5 Å². The zero-order valence-electron chi connectivity index (χ0n) is 15.9. The van der Waals surface area contributed by atoms with E-state index in [0.717, 1.165) is 31.2 Å². The average Bonchev–Trinajstić information content (AvgIpc) is 2.66. The molecule has 0 unspecified atom stereocenters. The lowest BCUT2D eigenvalue weighted by molar-refractivity contribution is -0.118. The largest absolute Gasteiger partial charge is 0.493 e. The van der Waals surface area contributed by atoms with Crippen molar-refractivity contribution in [2.75, 3.05) is 13.7 Å². The number of nitrogens with one attached hydrogen (secondary N) is 1. The summed E-state index contributed by atoms with van der Waals surface area (Å²) in [6.45, 7) is 4.76. The highest BCUT2D eigenvalue weighted by Crippen LogP contribution is 2.29. The summed E-state index contributed by atoms with van der Waals surface area (Å²) < 4.78 is 11.0. The molecule has 1 amide bonds. The van der Waals surface area contributed by atoms with E-state index in [1.54, 1.807) is 25.3 Å². The number of carbonyl (C=O) groups is 1. The molecule has 0 radical (unpaired) electrons. The van der Waals surface area contributed by atoms with Crippen LogP contribution in [0, 0.1) is 17.2 Å². The number of ether oxygens (including phenoxy) is 2. The molecule has 0 aliphatic heterocycles. The SMILES string of the molecule is CCCOc1cc(/C=C(\C#N)C(=O)N[C@@H]2CCCC[C@@H]2C)ccc1OC. The van der Waals surface area contributed by atoms with Gasteiger partial charge in [-0.1, -0.05) is 32.8 Å². The molecular formula is C21H28N2O3. The van der Waals surface area contributed by atoms with E-state index in [0.29, 0.717) is 24.0 Å². The van der Waals surface area contributed by atoms with Gasteiger partial charge in [-0.3, -0.25) is 4.79 Å². The molecule has 5 nitrogen and oxygen atoms in total. The fourth-order valence-corrected chi connectivity index (χ4v) is 3.20. The van der Waals surface area contributed by atoms with E-state index >= 15 is 0 Å². The quantitative estimate of drug-likeness (QED) is 0.590. The third kappa shape index (κ3) is 5.26. The minimum atomic E-state index is -0.307. The van der Waals surface area contributed by atoms with Crippen molar-refractivity contribution >= 4 is 12.0 Å². The predicted molar refractivity (Wildman–Crippen MR) is 102 cm³/mol. The average molecular weight is 356 g/mol. The molecule has 140 valence electrons. The molecule has 2 rings (SSSR count). The highest BCUT2D eigenvalue weighted by atomic mass is 16.5. The first kappa shape index (κ1) is 19.8. The molecule has 1 aromatic carbocycles. The van der Waals surface area contributed by atoms with Gasteiger partial charge in [0.1, 0.15) is 11.6 Å². The van der Waals surface area contributed by atoms with Crippen molar-refractivity contribution < 1.29 is 14.3 Å². The Hall–Kier alpha value is -2.48. The number of rotatable bonds is 7. The zero-order valence-corrected chi connectivity index (χ0v) is 15.9. The van der Waals surface area contributed by atoms with Crippen LogP contribution in [-0.4, -0.2) is 25.7 Å². The van der Waals surface area contributed by atoms with Crippen molar-refractivity contribution in [3.63, 3.8) is 0 Å². The molecule has 0 saturated heterocycles. The third-order valence-corrected chi connectivity index (χ3v) is 4.75. The maximum absolute atomic E-state index is 12.5. The molecule has 1 aliphatic carbocycles. The van der Waals surface area contributed by atoms with Crippen molar-refractivity contribution in [1.29, 1.82) is 5.26 Å². The Kier molecular flexibility index (Phi) is 7.53. The number of hydrogen-bond acceptors (Lipinski definition) is 4. The van der Waals surface area contributed by atoms with Gasteiger partial charge in [0.25, 0.3) is 5.91 Å². The molecule has 1 saturated carbocycles. The van der Waals surface area contributed by atoms with Gasteiger partial charge in [0, 0.05) is 6.04 Å². The van der Waals surface area contributed by atoms with Crippen LogP contribution < -0.4 is 14.8 Å². The van der Waals surface area contributed by atoms with E-state index in [9.17, 15) is 10.1 Å². The third-order valence-electron chi connectivity index (χ3n) is 4.75. The van der Waals surface area contributed by atoms with Gasteiger partial charge in [-0.15, -0.1) is 0 Å². The van der Waals surface area contributed by atoms with E-state index in [1.807, 2.05) is 19.1 Å². The fraction of sp³-hybridized carbons (Fsp3) is 0.524. The number of hydrogen-bond donors (Lipinski definition) is 1. The van der Waals surface area contributed by atoms with Gasteiger partial charge in [0.2, 0.25) is 0 Å². The van der Waals surface area contributed by atoms with Gasteiger partial charge < -0.3 is 14.8 Å². The standard InChI is InChI=1S/C21H28N2O3/c1-4-11-26-20-13-16(9-10-19(20)25-3)12-17(14-22)21(24)23-18-8-6-5-7-15(18)2/h9-10,12-13,15,18H,4-8,11H2,1-3H3,(H,23,24)/b17-12+/t15-,18+/m0/s1. The highest BCUT2D eigenvalue weighted by Gasteiger charge is 2.24. The minimum absolute atomic E-state index is 0.106. The lowest BCUT2D eigenvalue weighted by atomic mass is 9.86. The molecule has 1 aromatic rings. The summed E-state index contributed by atoms with van der Waals surface area (Å²) in [5, 5.41) is 12.5. The first-order valence-electron chi connectivity index (χ1n) is 9.32. The highest BCUT2D eigenvalue weighted by molar-refractivity contribution is 6.01. The van der Waals surface area contributed by atoms with Crippen LogP contribution in [0.1, 0.15) is 51.5 Å². The van der Waals surface area contributed by atoms with Crippen LogP contribution in [0.2, 0.25) is 0 Å². The van der Waals surface area contributed by atoms with E-state index in [4.69, 9.17) is 9.47 Å². The molecule has 2 atom stereocenters. The first-order valence-corrected chi connectivity index (χ1v) is 9.32. The van der Waals surface area contributed by atoms with Crippen LogP contribution in [0.25, 0.3) is 6.08 Å². The smallest absolute Gasteiger partial charge is 0.262 e. The number of nitrogens with zero attached hydrogens (tertiary/aromatic N) is 1. The van der Waals surface area contributed by atoms with Gasteiger partial charge in [-0.05, 0) is 49.0 Å². The van der Waals surface area contributed by atoms with Crippen LogP contribution in [0.4, 0.5) is 0 Å². The molecule has 1 aliphatic rings. The van der Waals surface area contributed by atoms with Crippen molar-refractivity contribution in [2.24, 2.45) is 5.92 Å². The maximum atomic E-state index is 12.5. The fourth-order valence-electron chi connectivity index (χ4n) is 3.20. The van der Waals surface area contributed by atoms with Crippen LogP contribution in [0.15, 0.2) is 23.8 Å². The van der Waals surface area contributed by atoms with Gasteiger partial charge in [-0.25, -0.2) is 0 Å². The van der Waals surface area contributed by atoms with E-state index in [2.05, 4.69) is 12.2 Å². The Labute approximate surface area is 156 Å². The molecule has 5 heteroatoms. The molecule has 1 N–H and O–H groups in total.